The SMILES string of the molecule is COc1cccc(C(=O)O)c1NC(=O)OC(C)(C)C. The lowest BCUT2D eigenvalue weighted by atomic mass is 10.1. The highest BCUT2D eigenvalue weighted by Gasteiger charge is 2.21. The molecule has 104 valence electrons. The van der Waals surface area contributed by atoms with E-state index in [1.54, 1.807) is 26.8 Å². The van der Waals surface area contributed by atoms with E-state index in [2.05, 4.69) is 5.32 Å². The first-order valence-corrected chi connectivity index (χ1v) is 5.65. The third kappa shape index (κ3) is 4.17. The van der Waals surface area contributed by atoms with Crippen LogP contribution in [0.25, 0.3) is 0 Å². The first kappa shape index (κ1) is 14.8. The van der Waals surface area contributed by atoms with Gasteiger partial charge < -0.3 is 14.6 Å². The second kappa shape index (κ2) is 5.60. The number of hydrogen-bond acceptors (Lipinski definition) is 4. The highest BCUT2D eigenvalue weighted by molar-refractivity contribution is 6.00. The minimum absolute atomic E-state index is 0.0646. The maximum absolute atomic E-state index is 11.7. The maximum atomic E-state index is 11.7. The monoisotopic (exact) mass is 267 g/mol. The number of para-hydroxylation sites is 1. The second-order valence-electron chi connectivity index (χ2n) is 4.81. The van der Waals surface area contributed by atoms with Crippen molar-refractivity contribution >= 4 is 17.7 Å². The number of nitrogens with one attached hydrogen (secondary N) is 1. The Morgan fingerprint density at radius 3 is 2.37 bits per heavy atom. The fourth-order valence-electron chi connectivity index (χ4n) is 1.41. The molecule has 0 saturated carbocycles. The topological polar surface area (TPSA) is 84.9 Å². The third-order valence-electron chi connectivity index (χ3n) is 2.10. The van der Waals surface area contributed by atoms with Crippen molar-refractivity contribution in [3.05, 3.63) is 23.8 Å². The molecule has 6 heteroatoms. The molecule has 1 rings (SSSR count). The fourth-order valence-corrected chi connectivity index (χ4v) is 1.41. The van der Waals surface area contributed by atoms with Gasteiger partial charge in [-0.1, -0.05) is 6.07 Å². The van der Waals surface area contributed by atoms with E-state index in [0.717, 1.165) is 0 Å². The van der Waals surface area contributed by atoms with Crippen LogP contribution < -0.4 is 10.1 Å². The molecule has 1 aromatic rings. The van der Waals surface area contributed by atoms with Gasteiger partial charge in [-0.15, -0.1) is 0 Å². The van der Waals surface area contributed by atoms with Gasteiger partial charge in [0.1, 0.15) is 17.0 Å². The lowest BCUT2D eigenvalue weighted by Crippen LogP contribution is -2.28. The van der Waals surface area contributed by atoms with Crippen molar-refractivity contribution in [2.24, 2.45) is 0 Å². The van der Waals surface area contributed by atoms with Crippen LogP contribution in [0.5, 0.6) is 5.75 Å². The van der Waals surface area contributed by atoms with Gasteiger partial charge in [0.15, 0.2) is 0 Å². The van der Waals surface area contributed by atoms with Gasteiger partial charge in [0.2, 0.25) is 0 Å². The summed E-state index contributed by atoms with van der Waals surface area (Å²) < 4.78 is 10.1. The molecule has 19 heavy (non-hydrogen) atoms. The van der Waals surface area contributed by atoms with Crippen molar-refractivity contribution in [2.45, 2.75) is 26.4 Å². The van der Waals surface area contributed by atoms with Gasteiger partial charge >= 0.3 is 12.1 Å². The molecule has 0 heterocycles. The molecule has 0 unspecified atom stereocenters. The second-order valence-corrected chi connectivity index (χ2v) is 4.81. The molecule has 0 saturated heterocycles. The summed E-state index contributed by atoms with van der Waals surface area (Å²) in [4.78, 5) is 22.8. The first-order valence-electron chi connectivity index (χ1n) is 5.65. The van der Waals surface area contributed by atoms with Crippen LogP contribution in [0.15, 0.2) is 18.2 Å². The number of methoxy groups -OCH3 is 1. The molecular weight excluding hydrogens is 250 g/mol. The van der Waals surface area contributed by atoms with E-state index in [1.807, 2.05) is 0 Å². The smallest absolute Gasteiger partial charge is 0.412 e. The average Bonchev–Trinajstić information content (AvgIpc) is 2.26. The van der Waals surface area contributed by atoms with Gasteiger partial charge in [-0.2, -0.15) is 0 Å². The van der Waals surface area contributed by atoms with Crippen LogP contribution in [-0.2, 0) is 4.74 Å². The first-order chi connectivity index (χ1) is 8.74. The molecule has 0 bridgehead atoms. The molecule has 6 nitrogen and oxygen atoms in total. The lowest BCUT2D eigenvalue weighted by Gasteiger charge is -2.20. The highest BCUT2D eigenvalue weighted by atomic mass is 16.6. The Balaban J connectivity index is 3.05. The summed E-state index contributed by atoms with van der Waals surface area (Å²) in [7, 11) is 1.39. The molecule has 0 aliphatic carbocycles. The molecule has 1 amide bonds. The number of aromatic carboxylic acids is 1. The maximum Gasteiger partial charge on any atom is 0.412 e. The molecular formula is C13H17NO5. The van der Waals surface area contributed by atoms with Gasteiger partial charge in [0.25, 0.3) is 0 Å². The number of carboxylic acid groups (broad SMARTS) is 1. The number of rotatable bonds is 3. The molecule has 0 spiro atoms. The van der Waals surface area contributed by atoms with Crippen molar-refractivity contribution in [1.29, 1.82) is 0 Å². The number of amides is 1. The molecule has 0 aliphatic rings. The van der Waals surface area contributed by atoms with Gasteiger partial charge in [0.05, 0.1) is 12.7 Å². The Morgan fingerprint density at radius 1 is 1.26 bits per heavy atom. The molecule has 0 aromatic heterocycles. The molecule has 1 aromatic carbocycles. The number of ether oxygens (including phenoxy) is 2. The molecule has 0 aliphatic heterocycles. The third-order valence-corrected chi connectivity index (χ3v) is 2.10. The van der Waals surface area contributed by atoms with Crippen LogP contribution in [-0.4, -0.2) is 29.9 Å². The summed E-state index contributed by atoms with van der Waals surface area (Å²) in [5, 5.41) is 11.5. The van der Waals surface area contributed by atoms with E-state index in [0.29, 0.717) is 0 Å². The lowest BCUT2D eigenvalue weighted by molar-refractivity contribution is 0.0635. The largest absolute Gasteiger partial charge is 0.495 e. The Morgan fingerprint density at radius 2 is 1.89 bits per heavy atom. The summed E-state index contributed by atoms with van der Waals surface area (Å²) >= 11 is 0. The van der Waals surface area contributed by atoms with Gasteiger partial charge in [-0.25, -0.2) is 9.59 Å². The minimum Gasteiger partial charge on any atom is -0.495 e. The van der Waals surface area contributed by atoms with Crippen LogP contribution >= 0.6 is 0 Å². The molecule has 2 N–H and O–H groups in total. The predicted molar refractivity (Wildman–Crippen MR) is 69.8 cm³/mol. The Bertz CT molecular complexity index is 490. The van der Waals surface area contributed by atoms with Crippen LogP contribution in [0.2, 0.25) is 0 Å². The number of carbonyl (C=O) groups is 2. The standard InChI is InChI=1S/C13H17NO5/c1-13(2,3)19-12(17)14-10-8(11(15)16)6-5-7-9(10)18-4/h5-7H,1-4H3,(H,14,17)(H,15,16). The van der Waals surface area contributed by atoms with Gasteiger partial charge in [-0.3, -0.25) is 5.32 Å². The van der Waals surface area contributed by atoms with Crippen LogP contribution in [0, 0.1) is 0 Å². The number of carbonyl (C=O) groups excluding carboxylic acids is 1. The zero-order valence-corrected chi connectivity index (χ0v) is 11.3. The van der Waals surface area contributed by atoms with Crippen LogP contribution in [0.3, 0.4) is 0 Å². The Hall–Kier alpha value is -2.24. The van der Waals surface area contributed by atoms with E-state index >= 15 is 0 Å². The summed E-state index contributed by atoms with van der Waals surface area (Å²) in [5.41, 5.74) is -0.660. The number of hydrogen-bond donors (Lipinski definition) is 2. The van der Waals surface area contributed by atoms with E-state index in [1.165, 1.54) is 19.2 Å². The number of carboxylic acids is 1. The van der Waals surface area contributed by atoms with Crippen LogP contribution in [0.1, 0.15) is 31.1 Å². The number of anilines is 1. The average molecular weight is 267 g/mol. The van der Waals surface area contributed by atoms with Crippen molar-refractivity contribution in [2.75, 3.05) is 12.4 Å². The van der Waals surface area contributed by atoms with Gasteiger partial charge in [-0.05, 0) is 32.9 Å². The highest BCUT2D eigenvalue weighted by Crippen LogP contribution is 2.28. The molecule has 0 radical (unpaired) electrons. The van der Waals surface area contributed by atoms with Crippen molar-refractivity contribution in [1.82, 2.24) is 0 Å². The molecule has 0 atom stereocenters. The summed E-state index contributed by atoms with van der Waals surface area (Å²) in [6, 6.07) is 4.46. The van der Waals surface area contributed by atoms with Gasteiger partial charge in [0, 0.05) is 0 Å². The van der Waals surface area contributed by atoms with E-state index in [-0.39, 0.29) is 17.0 Å². The van der Waals surface area contributed by atoms with E-state index in [9.17, 15) is 9.59 Å². The van der Waals surface area contributed by atoms with Crippen LogP contribution in [0.4, 0.5) is 10.5 Å². The van der Waals surface area contributed by atoms with Crippen molar-refractivity contribution < 1.29 is 24.2 Å². The van der Waals surface area contributed by atoms with Crippen molar-refractivity contribution in [3.63, 3.8) is 0 Å². The Kier molecular flexibility index (Phi) is 4.37. The Labute approximate surface area is 111 Å². The zero-order chi connectivity index (χ0) is 14.6. The summed E-state index contributed by atoms with van der Waals surface area (Å²) in [6.07, 6.45) is -0.737. The predicted octanol–water partition coefficient (Wildman–Crippen LogP) is 2.74. The van der Waals surface area contributed by atoms with Crippen molar-refractivity contribution in [3.8, 4) is 5.75 Å². The van der Waals surface area contributed by atoms with E-state index in [4.69, 9.17) is 14.6 Å². The quantitative estimate of drug-likeness (QED) is 0.879. The minimum atomic E-state index is -1.16. The number of benzene rings is 1. The molecule has 0 fully saturated rings. The zero-order valence-electron chi connectivity index (χ0n) is 11.3. The summed E-state index contributed by atoms with van der Waals surface area (Å²) in [6.45, 7) is 5.15. The summed E-state index contributed by atoms with van der Waals surface area (Å²) in [5.74, 6) is -0.907. The normalized spacial score (nSPS) is 10.7. The fraction of sp³-hybridized carbons (Fsp3) is 0.385. The van der Waals surface area contributed by atoms with E-state index < -0.39 is 17.7 Å².